The zero-order valence-electron chi connectivity index (χ0n) is 23.5. The molecule has 8 nitrogen and oxygen atoms in total. The molecule has 0 fully saturated rings. The van der Waals surface area contributed by atoms with E-state index < -0.39 is 39.3 Å². The fourth-order valence-corrected chi connectivity index (χ4v) is 5.77. The third kappa shape index (κ3) is 6.80. The molecule has 3 aromatic carbocycles. The van der Waals surface area contributed by atoms with E-state index in [4.69, 9.17) is 9.47 Å². The highest BCUT2D eigenvalue weighted by atomic mass is 32.2. The molecule has 1 atom stereocenters. The molecule has 1 aliphatic heterocycles. The number of carbonyl (C=O) groups is 1. The van der Waals surface area contributed by atoms with Gasteiger partial charge in [0.1, 0.15) is 11.4 Å². The Hall–Kier alpha value is -4.45. The number of hydrogen-bond acceptors (Lipinski definition) is 7. The van der Waals surface area contributed by atoms with Gasteiger partial charge in [0.2, 0.25) is 5.95 Å². The number of anilines is 1. The largest absolute Gasteiger partial charge is 0.493 e. The fraction of sp³-hybridized carbons (Fsp3) is 0.258. The van der Waals surface area contributed by atoms with Crippen LogP contribution in [0.2, 0.25) is 0 Å². The van der Waals surface area contributed by atoms with Gasteiger partial charge in [0.05, 0.1) is 22.6 Å². The molecule has 12 heteroatoms. The monoisotopic (exact) mass is 611 g/mol. The lowest BCUT2D eigenvalue weighted by Crippen LogP contribution is -2.23. The zero-order valence-corrected chi connectivity index (χ0v) is 24.3. The molecule has 0 bridgehead atoms. The summed E-state index contributed by atoms with van der Waals surface area (Å²) in [4.78, 5) is 20.2. The van der Waals surface area contributed by atoms with Crippen LogP contribution in [0.1, 0.15) is 60.2 Å². The maximum atomic E-state index is 13.8. The van der Waals surface area contributed by atoms with E-state index in [0.717, 1.165) is 12.1 Å². The SMILES string of the molecule is CC(C)(C)OC(=O)c1ccc(-c2cc(C(F)(F)F)ccc2C2CCOc3cc(S(=O)(=O)Nc4ncccn4)ccc32)cc1. The molecule has 1 N–H and O–H groups in total. The minimum absolute atomic E-state index is 0.0790. The van der Waals surface area contributed by atoms with E-state index in [1.54, 1.807) is 45.0 Å². The summed E-state index contributed by atoms with van der Waals surface area (Å²) in [5.74, 6) is -0.722. The summed E-state index contributed by atoms with van der Waals surface area (Å²) in [5.41, 5.74) is 0.805. The summed E-state index contributed by atoms with van der Waals surface area (Å²) >= 11 is 0. The summed E-state index contributed by atoms with van der Waals surface area (Å²) in [6, 6.07) is 15.7. The summed E-state index contributed by atoms with van der Waals surface area (Å²) in [5, 5.41) is 0. The lowest BCUT2D eigenvalue weighted by Gasteiger charge is -2.29. The van der Waals surface area contributed by atoms with Gasteiger partial charge in [-0.05, 0) is 80.3 Å². The smallest absolute Gasteiger partial charge is 0.416 e. The molecule has 5 rings (SSSR count). The minimum Gasteiger partial charge on any atom is -0.493 e. The number of sulfonamides is 1. The number of carbonyl (C=O) groups excluding carboxylic acids is 1. The normalized spacial score (nSPS) is 15.3. The molecule has 0 saturated heterocycles. The molecule has 0 radical (unpaired) electrons. The second-order valence-electron chi connectivity index (χ2n) is 10.9. The predicted molar refractivity (Wildman–Crippen MR) is 153 cm³/mol. The van der Waals surface area contributed by atoms with Crippen LogP contribution in [0.15, 0.2) is 84.0 Å². The number of benzene rings is 3. The number of halogens is 3. The Morgan fingerprint density at radius 2 is 1.63 bits per heavy atom. The number of aromatic nitrogens is 2. The van der Waals surface area contributed by atoms with Gasteiger partial charge >= 0.3 is 12.1 Å². The van der Waals surface area contributed by atoms with Gasteiger partial charge in [-0.1, -0.05) is 24.3 Å². The molecule has 0 amide bonds. The summed E-state index contributed by atoms with van der Waals surface area (Å²) < 4.78 is 80.8. The van der Waals surface area contributed by atoms with Crippen LogP contribution in [0.3, 0.4) is 0 Å². The van der Waals surface area contributed by atoms with Gasteiger partial charge in [-0.3, -0.25) is 0 Å². The van der Waals surface area contributed by atoms with Crippen LogP contribution in [0, 0.1) is 0 Å². The van der Waals surface area contributed by atoms with Gasteiger partial charge in [-0.15, -0.1) is 0 Å². The average molecular weight is 612 g/mol. The fourth-order valence-electron chi connectivity index (χ4n) is 4.80. The van der Waals surface area contributed by atoms with Crippen molar-refractivity contribution in [3.63, 3.8) is 0 Å². The number of nitrogens with one attached hydrogen (secondary N) is 1. The lowest BCUT2D eigenvalue weighted by atomic mass is 9.82. The van der Waals surface area contributed by atoms with Crippen molar-refractivity contribution in [2.24, 2.45) is 0 Å². The van der Waals surface area contributed by atoms with Crippen molar-refractivity contribution in [3.05, 3.63) is 101 Å². The molecule has 1 unspecified atom stereocenters. The summed E-state index contributed by atoms with van der Waals surface area (Å²) in [6.45, 7) is 5.44. The molecule has 1 aliphatic rings. The molecule has 0 spiro atoms. The number of rotatable bonds is 6. The Morgan fingerprint density at radius 1 is 0.953 bits per heavy atom. The van der Waals surface area contributed by atoms with Gasteiger partial charge in [-0.25, -0.2) is 27.9 Å². The second kappa shape index (κ2) is 11.3. The van der Waals surface area contributed by atoms with Crippen molar-refractivity contribution in [1.82, 2.24) is 9.97 Å². The molecule has 1 aromatic heterocycles. The van der Waals surface area contributed by atoms with Gasteiger partial charge in [0, 0.05) is 29.9 Å². The second-order valence-corrected chi connectivity index (χ2v) is 12.6. The van der Waals surface area contributed by atoms with Gasteiger partial charge in [0.25, 0.3) is 10.0 Å². The van der Waals surface area contributed by atoms with Crippen LogP contribution >= 0.6 is 0 Å². The summed E-state index contributed by atoms with van der Waals surface area (Å²) in [6.07, 6.45) is -1.32. The maximum absolute atomic E-state index is 13.8. The predicted octanol–water partition coefficient (Wildman–Crippen LogP) is 6.83. The molecular weight excluding hydrogens is 583 g/mol. The van der Waals surface area contributed by atoms with Crippen LogP contribution in [0.25, 0.3) is 11.1 Å². The standard InChI is InChI=1S/C31H28F3N3O5S/c1-30(2,3)42-28(38)20-7-5-19(6-8-20)26-17-21(31(32,33)34)9-11-23(26)24-13-16-41-27-18-22(10-12-25(24)27)43(39,40)37-29-35-14-4-15-36-29/h4-12,14-15,17-18,24H,13,16H2,1-3H3,(H,35,36,37). The molecule has 2 heterocycles. The minimum atomic E-state index is -4.57. The highest BCUT2D eigenvalue weighted by Crippen LogP contribution is 2.44. The van der Waals surface area contributed by atoms with E-state index >= 15 is 0 Å². The van der Waals surface area contributed by atoms with E-state index in [2.05, 4.69) is 14.7 Å². The van der Waals surface area contributed by atoms with Crippen LogP contribution in [0.5, 0.6) is 5.75 Å². The van der Waals surface area contributed by atoms with E-state index in [1.807, 2.05) is 0 Å². The Balaban J connectivity index is 1.53. The Kier molecular flexibility index (Phi) is 7.91. The number of esters is 1. The number of ether oxygens (including phenoxy) is 2. The maximum Gasteiger partial charge on any atom is 0.416 e. The van der Waals surface area contributed by atoms with Gasteiger partial charge < -0.3 is 9.47 Å². The van der Waals surface area contributed by atoms with E-state index in [-0.39, 0.29) is 23.0 Å². The Bertz CT molecular complexity index is 1750. The van der Waals surface area contributed by atoms with Crippen LogP contribution < -0.4 is 9.46 Å². The molecule has 43 heavy (non-hydrogen) atoms. The van der Waals surface area contributed by atoms with Crippen molar-refractivity contribution in [2.75, 3.05) is 11.3 Å². The quantitative estimate of drug-likeness (QED) is 0.238. The number of hydrogen-bond donors (Lipinski definition) is 1. The first kappa shape index (κ1) is 30.0. The Morgan fingerprint density at radius 3 is 2.28 bits per heavy atom. The van der Waals surface area contributed by atoms with E-state index in [9.17, 15) is 26.4 Å². The van der Waals surface area contributed by atoms with Crippen molar-refractivity contribution >= 4 is 21.9 Å². The molecule has 0 saturated carbocycles. The van der Waals surface area contributed by atoms with Crippen molar-refractivity contribution in [1.29, 1.82) is 0 Å². The number of nitrogens with zero attached hydrogens (tertiary/aromatic N) is 2. The molecule has 0 aliphatic carbocycles. The van der Waals surface area contributed by atoms with Crippen molar-refractivity contribution in [2.45, 2.75) is 49.8 Å². The van der Waals surface area contributed by atoms with Crippen molar-refractivity contribution in [3.8, 4) is 16.9 Å². The van der Waals surface area contributed by atoms with Crippen LogP contribution in [-0.2, 0) is 20.9 Å². The van der Waals surface area contributed by atoms with Crippen LogP contribution in [-0.4, -0.2) is 36.6 Å². The lowest BCUT2D eigenvalue weighted by molar-refractivity contribution is -0.137. The zero-order chi connectivity index (χ0) is 31.0. The third-order valence-corrected chi connectivity index (χ3v) is 8.04. The summed E-state index contributed by atoms with van der Waals surface area (Å²) in [7, 11) is -4.04. The first-order chi connectivity index (χ1) is 20.2. The first-order valence-corrected chi connectivity index (χ1v) is 14.8. The number of fused-ring (bicyclic) bond motifs is 1. The van der Waals surface area contributed by atoms with Gasteiger partial charge in [0.15, 0.2) is 0 Å². The van der Waals surface area contributed by atoms with Crippen molar-refractivity contribution < 1.29 is 35.9 Å². The third-order valence-electron chi connectivity index (χ3n) is 6.71. The van der Waals surface area contributed by atoms with Crippen LogP contribution in [0.4, 0.5) is 19.1 Å². The molecule has 4 aromatic rings. The molecule has 224 valence electrons. The Labute approximate surface area is 247 Å². The van der Waals surface area contributed by atoms with E-state index in [1.165, 1.54) is 42.7 Å². The first-order valence-electron chi connectivity index (χ1n) is 13.3. The highest BCUT2D eigenvalue weighted by Gasteiger charge is 2.33. The number of alkyl halides is 3. The van der Waals surface area contributed by atoms with E-state index in [0.29, 0.717) is 34.4 Å². The molecular formula is C31H28F3N3O5S. The van der Waals surface area contributed by atoms with Gasteiger partial charge in [-0.2, -0.15) is 13.2 Å². The highest BCUT2D eigenvalue weighted by molar-refractivity contribution is 7.92. The average Bonchev–Trinajstić information content (AvgIpc) is 2.95. The topological polar surface area (TPSA) is 107 Å².